The molecule has 1 amide bonds. The fourth-order valence-electron chi connectivity index (χ4n) is 1.83. The Kier molecular flexibility index (Phi) is 6.71. The highest BCUT2D eigenvalue weighted by Crippen LogP contribution is 2.15. The standard InChI is InChI=1S/C16H22N2O5/c1-9(2)14(17)16(22)23-12-6-4-11(5-7-12)8-13(15(20)21)18-10(3)19/h4-7,9,13-14H,8,17H2,1-3H3,(H,18,19)(H,20,21)/t13-,14-/m0/s1. The van der Waals surface area contributed by atoms with Gasteiger partial charge < -0.3 is 20.9 Å². The summed E-state index contributed by atoms with van der Waals surface area (Å²) in [6.07, 6.45) is 0.134. The van der Waals surface area contributed by atoms with Crippen LogP contribution < -0.4 is 15.8 Å². The first-order chi connectivity index (χ1) is 10.7. The third-order valence-corrected chi connectivity index (χ3v) is 3.25. The number of carbonyl (C=O) groups is 3. The number of rotatable bonds is 7. The molecule has 23 heavy (non-hydrogen) atoms. The Hall–Kier alpha value is -2.41. The first-order valence-corrected chi connectivity index (χ1v) is 7.26. The molecule has 0 fully saturated rings. The number of nitrogens with one attached hydrogen (secondary N) is 1. The number of hydrogen-bond donors (Lipinski definition) is 3. The van der Waals surface area contributed by atoms with Crippen molar-refractivity contribution in [3.05, 3.63) is 29.8 Å². The zero-order valence-electron chi connectivity index (χ0n) is 13.4. The molecule has 0 heterocycles. The van der Waals surface area contributed by atoms with Crippen LogP contribution in [0.2, 0.25) is 0 Å². The maximum Gasteiger partial charge on any atom is 0.328 e. The molecular formula is C16H22N2O5. The van der Waals surface area contributed by atoms with Gasteiger partial charge in [-0.1, -0.05) is 26.0 Å². The average molecular weight is 322 g/mol. The number of carboxylic acid groups (broad SMARTS) is 1. The Labute approximate surface area is 134 Å². The summed E-state index contributed by atoms with van der Waals surface area (Å²) in [7, 11) is 0. The second-order valence-corrected chi connectivity index (χ2v) is 5.63. The summed E-state index contributed by atoms with van der Waals surface area (Å²) in [5, 5.41) is 11.4. The topological polar surface area (TPSA) is 119 Å². The molecule has 0 aromatic heterocycles. The van der Waals surface area contributed by atoms with Gasteiger partial charge in [-0.2, -0.15) is 0 Å². The fourth-order valence-corrected chi connectivity index (χ4v) is 1.83. The highest BCUT2D eigenvalue weighted by atomic mass is 16.5. The second-order valence-electron chi connectivity index (χ2n) is 5.63. The Balaban J connectivity index is 2.70. The van der Waals surface area contributed by atoms with Gasteiger partial charge in [0.25, 0.3) is 0 Å². The minimum atomic E-state index is -1.11. The number of esters is 1. The number of hydrogen-bond acceptors (Lipinski definition) is 5. The number of ether oxygens (including phenoxy) is 1. The van der Waals surface area contributed by atoms with Crippen LogP contribution in [0.3, 0.4) is 0 Å². The number of aliphatic carboxylic acids is 1. The molecule has 0 aliphatic carbocycles. The third-order valence-electron chi connectivity index (χ3n) is 3.25. The molecule has 0 aliphatic rings. The van der Waals surface area contributed by atoms with E-state index in [0.717, 1.165) is 0 Å². The fraction of sp³-hybridized carbons (Fsp3) is 0.438. The summed E-state index contributed by atoms with van der Waals surface area (Å²) in [5.74, 6) is -1.74. The minimum Gasteiger partial charge on any atom is -0.480 e. The summed E-state index contributed by atoms with van der Waals surface area (Å²) >= 11 is 0. The molecule has 0 unspecified atom stereocenters. The van der Waals surface area contributed by atoms with Gasteiger partial charge in [-0.3, -0.25) is 4.79 Å². The van der Waals surface area contributed by atoms with Crippen molar-refractivity contribution in [2.45, 2.75) is 39.3 Å². The monoisotopic (exact) mass is 322 g/mol. The Morgan fingerprint density at radius 1 is 1.22 bits per heavy atom. The maximum absolute atomic E-state index is 11.8. The van der Waals surface area contributed by atoms with Gasteiger partial charge in [0.05, 0.1) is 0 Å². The average Bonchev–Trinajstić information content (AvgIpc) is 2.46. The molecule has 4 N–H and O–H groups in total. The molecule has 0 saturated carbocycles. The first kappa shape index (κ1) is 18.6. The molecule has 2 atom stereocenters. The van der Waals surface area contributed by atoms with Gasteiger partial charge in [0.15, 0.2) is 0 Å². The Bertz CT molecular complexity index is 568. The van der Waals surface area contributed by atoms with E-state index in [4.69, 9.17) is 15.6 Å². The van der Waals surface area contributed by atoms with E-state index in [0.29, 0.717) is 11.3 Å². The third kappa shape index (κ3) is 6.07. The highest BCUT2D eigenvalue weighted by Gasteiger charge is 2.20. The predicted octanol–water partition coefficient (Wildman–Crippen LogP) is 0.707. The number of amides is 1. The lowest BCUT2D eigenvalue weighted by atomic mass is 10.1. The van der Waals surface area contributed by atoms with Gasteiger partial charge in [0.1, 0.15) is 17.8 Å². The Morgan fingerprint density at radius 3 is 2.22 bits per heavy atom. The molecule has 1 rings (SSSR count). The van der Waals surface area contributed by atoms with Crippen LogP contribution in [0.25, 0.3) is 0 Å². The van der Waals surface area contributed by atoms with E-state index in [2.05, 4.69) is 5.32 Å². The van der Waals surface area contributed by atoms with Crippen LogP contribution in [0.5, 0.6) is 5.75 Å². The molecule has 0 bridgehead atoms. The van der Waals surface area contributed by atoms with E-state index in [1.807, 2.05) is 13.8 Å². The maximum atomic E-state index is 11.8. The normalized spacial score (nSPS) is 13.3. The van der Waals surface area contributed by atoms with Crippen LogP contribution in [0, 0.1) is 5.92 Å². The van der Waals surface area contributed by atoms with E-state index >= 15 is 0 Å². The SMILES string of the molecule is CC(=O)N[C@@H](Cc1ccc(OC(=O)[C@@H](N)C(C)C)cc1)C(=O)O. The molecule has 0 aliphatic heterocycles. The van der Waals surface area contributed by atoms with Crippen molar-refractivity contribution < 1.29 is 24.2 Å². The molecule has 0 radical (unpaired) electrons. The Morgan fingerprint density at radius 2 is 1.78 bits per heavy atom. The molecular weight excluding hydrogens is 300 g/mol. The van der Waals surface area contributed by atoms with Crippen molar-refractivity contribution >= 4 is 17.8 Å². The minimum absolute atomic E-state index is 0.0317. The lowest BCUT2D eigenvalue weighted by molar-refractivity contribution is -0.141. The number of nitrogens with two attached hydrogens (primary N) is 1. The van der Waals surface area contributed by atoms with Crippen molar-refractivity contribution in [1.82, 2.24) is 5.32 Å². The molecule has 7 heteroatoms. The molecule has 126 valence electrons. The lowest BCUT2D eigenvalue weighted by Gasteiger charge is -2.15. The van der Waals surface area contributed by atoms with Crippen LogP contribution in [0.4, 0.5) is 0 Å². The van der Waals surface area contributed by atoms with E-state index in [1.165, 1.54) is 6.92 Å². The molecule has 0 saturated heterocycles. The predicted molar refractivity (Wildman–Crippen MR) is 83.8 cm³/mol. The van der Waals surface area contributed by atoms with Crippen LogP contribution in [-0.4, -0.2) is 35.0 Å². The number of carbonyl (C=O) groups excluding carboxylic acids is 2. The van der Waals surface area contributed by atoms with Crippen molar-refractivity contribution in [3.8, 4) is 5.75 Å². The van der Waals surface area contributed by atoms with Gasteiger partial charge in [0, 0.05) is 13.3 Å². The summed E-state index contributed by atoms with van der Waals surface area (Å²) < 4.78 is 5.16. The van der Waals surface area contributed by atoms with Crippen LogP contribution in [0.15, 0.2) is 24.3 Å². The van der Waals surface area contributed by atoms with Gasteiger partial charge in [0.2, 0.25) is 5.91 Å². The van der Waals surface area contributed by atoms with Crippen molar-refractivity contribution in [1.29, 1.82) is 0 Å². The van der Waals surface area contributed by atoms with Crippen LogP contribution >= 0.6 is 0 Å². The van der Waals surface area contributed by atoms with Gasteiger partial charge in [-0.05, 0) is 23.6 Å². The quantitative estimate of drug-likeness (QED) is 0.502. The van der Waals surface area contributed by atoms with Crippen molar-refractivity contribution in [2.24, 2.45) is 11.7 Å². The smallest absolute Gasteiger partial charge is 0.328 e. The summed E-state index contributed by atoms with van der Waals surface area (Å²) in [6, 6.07) is 4.70. The van der Waals surface area contributed by atoms with E-state index < -0.39 is 29.9 Å². The van der Waals surface area contributed by atoms with Crippen molar-refractivity contribution in [3.63, 3.8) is 0 Å². The lowest BCUT2D eigenvalue weighted by Crippen LogP contribution is -2.41. The van der Waals surface area contributed by atoms with Gasteiger partial charge >= 0.3 is 11.9 Å². The first-order valence-electron chi connectivity index (χ1n) is 7.26. The molecule has 1 aromatic carbocycles. The zero-order chi connectivity index (χ0) is 17.6. The zero-order valence-corrected chi connectivity index (χ0v) is 13.4. The molecule has 1 aromatic rings. The summed E-state index contributed by atoms with van der Waals surface area (Å²) in [4.78, 5) is 33.8. The summed E-state index contributed by atoms with van der Waals surface area (Å²) in [6.45, 7) is 4.91. The van der Waals surface area contributed by atoms with Gasteiger partial charge in [-0.15, -0.1) is 0 Å². The van der Waals surface area contributed by atoms with E-state index in [9.17, 15) is 14.4 Å². The number of benzene rings is 1. The van der Waals surface area contributed by atoms with Crippen molar-refractivity contribution in [2.75, 3.05) is 0 Å². The van der Waals surface area contributed by atoms with E-state index in [1.54, 1.807) is 24.3 Å². The van der Waals surface area contributed by atoms with Crippen LogP contribution in [0.1, 0.15) is 26.3 Å². The van der Waals surface area contributed by atoms with Gasteiger partial charge in [-0.25, -0.2) is 9.59 Å². The number of carboxylic acids is 1. The highest BCUT2D eigenvalue weighted by molar-refractivity contribution is 5.82. The molecule has 0 spiro atoms. The van der Waals surface area contributed by atoms with E-state index in [-0.39, 0.29) is 12.3 Å². The van der Waals surface area contributed by atoms with Crippen LogP contribution in [-0.2, 0) is 20.8 Å². The largest absolute Gasteiger partial charge is 0.480 e. The second kappa shape index (κ2) is 8.28. The summed E-state index contributed by atoms with van der Waals surface area (Å²) in [5.41, 5.74) is 6.40. The molecule has 7 nitrogen and oxygen atoms in total.